The van der Waals surface area contributed by atoms with Crippen LogP contribution in [0.2, 0.25) is 0 Å². The van der Waals surface area contributed by atoms with Gasteiger partial charge in [0.25, 0.3) is 0 Å². The largest absolute Gasteiger partial charge is 0.361 e. The lowest BCUT2D eigenvalue weighted by molar-refractivity contribution is -0.122. The number of nitrogens with two attached hydrogens (primary N) is 1. The van der Waals surface area contributed by atoms with Crippen LogP contribution in [0, 0.1) is 13.8 Å². The van der Waals surface area contributed by atoms with Crippen molar-refractivity contribution in [3.63, 3.8) is 0 Å². The number of carbonyl (C=O) groups is 1. The molecule has 8 heteroatoms. The van der Waals surface area contributed by atoms with Gasteiger partial charge in [-0.2, -0.15) is 5.10 Å². The molecule has 8 nitrogen and oxygen atoms in total. The number of nitrogens with zero attached hydrogens (tertiary/aromatic N) is 4. The van der Waals surface area contributed by atoms with Crippen molar-refractivity contribution in [3.8, 4) is 11.4 Å². The zero-order chi connectivity index (χ0) is 18.7. The van der Waals surface area contributed by atoms with Crippen LogP contribution in [0.25, 0.3) is 11.4 Å². The van der Waals surface area contributed by atoms with Crippen molar-refractivity contribution in [2.75, 3.05) is 0 Å². The van der Waals surface area contributed by atoms with Gasteiger partial charge in [0.15, 0.2) is 5.82 Å². The second-order valence-electron chi connectivity index (χ2n) is 6.19. The van der Waals surface area contributed by atoms with E-state index in [1.165, 1.54) is 0 Å². The fraction of sp³-hybridized carbons (Fsp3) is 0.333. The lowest BCUT2D eigenvalue weighted by Crippen LogP contribution is -2.29. The molecule has 2 aromatic heterocycles. The van der Waals surface area contributed by atoms with Crippen molar-refractivity contribution in [2.24, 2.45) is 5.73 Å². The molecule has 2 heterocycles. The minimum atomic E-state index is -0.338. The smallest absolute Gasteiger partial charge is 0.242 e. The molecule has 136 valence electrons. The van der Waals surface area contributed by atoms with E-state index < -0.39 is 0 Å². The van der Waals surface area contributed by atoms with E-state index in [9.17, 15) is 4.79 Å². The van der Waals surface area contributed by atoms with Crippen LogP contribution in [-0.4, -0.2) is 25.8 Å². The minimum absolute atomic E-state index is 0.0417. The van der Waals surface area contributed by atoms with Gasteiger partial charge >= 0.3 is 0 Å². The summed E-state index contributed by atoms with van der Waals surface area (Å²) in [6.45, 7) is 5.87. The average molecular weight is 354 g/mol. The first kappa shape index (κ1) is 17.8. The fourth-order valence-electron chi connectivity index (χ4n) is 2.65. The first-order valence-corrected chi connectivity index (χ1v) is 8.40. The van der Waals surface area contributed by atoms with Crippen molar-refractivity contribution in [1.82, 2.24) is 25.2 Å². The van der Waals surface area contributed by atoms with Gasteiger partial charge in [0.05, 0.1) is 11.7 Å². The molecule has 0 saturated carbocycles. The van der Waals surface area contributed by atoms with Crippen molar-refractivity contribution in [3.05, 3.63) is 53.2 Å². The van der Waals surface area contributed by atoms with E-state index in [-0.39, 0.29) is 18.5 Å². The summed E-state index contributed by atoms with van der Waals surface area (Å²) < 4.78 is 6.65. The van der Waals surface area contributed by atoms with Crippen molar-refractivity contribution >= 4 is 5.91 Å². The minimum Gasteiger partial charge on any atom is -0.361 e. The quantitative estimate of drug-likeness (QED) is 0.699. The summed E-state index contributed by atoms with van der Waals surface area (Å²) in [5, 5.41) is 11.2. The summed E-state index contributed by atoms with van der Waals surface area (Å²) in [5.74, 6) is 1.63. The molecule has 0 bridgehead atoms. The molecule has 3 N–H and O–H groups in total. The normalized spacial score (nSPS) is 12.2. The van der Waals surface area contributed by atoms with Gasteiger partial charge in [-0.25, -0.2) is 9.67 Å². The van der Waals surface area contributed by atoms with Crippen LogP contribution in [0.4, 0.5) is 0 Å². The van der Waals surface area contributed by atoms with Crippen LogP contribution in [-0.2, 0) is 17.9 Å². The Morgan fingerprint density at radius 3 is 2.65 bits per heavy atom. The van der Waals surface area contributed by atoms with Gasteiger partial charge < -0.3 is 15.6 Å². The summed E-state index contributed by atoms with van der Waals surface area (Å²) in [5.41, 5.74) is 8.53. The number of carbonyl (C=O) groups excluding carboxylic acids is 1. The number of nitrogens with one attached hydrogen (secondary N) is 1. The highest BCUT2D eigenvalue weighted by Gasteiger charge is 2.17. The third-order valence-electron chi connectivity index (χ3n) is 4.08. The monoisotopic (exact) mass is 354 g/mol. The molecule has 0 aliphatic heterocycles. The Morgan fingerprint density at radius 1 is 1.31 bits per heavy atom. The molecule has 0 radical (unpaired) electrons. The zero-order valence-corrected chi connectivity index (χ0v) is 15.1. The Hall–Kier alpha value is -3.00. The molecule has 3 rings (SSSR count). The number of rotatable bonds is 6. The molecule has 0 fully saturated rings. The number of hydrogen-bond acceptors (Lipinski definition) is 6. The van der Waals surface area contributed by atoms with Gasteiger partial charge in [-0.05, 0) is 20.8 Å². The summed E-state index contributed by atoms with van der Waals surface area (Å²) in [6, 6.07) is 9.25. The van der Waals surface area contributed by atoms with Crippen molar-refractivity contribution in [1.29, 1.82) is 0 Å². The maximum absolute atomic E-state index is 12.4. The van der Waals surface area contributed by atoms with Gasteiger partial charge in [0, 0.05) is 17.7 Å². The number of hydrogen-bond donors (Lipinski definition) is 2. The van der Waals surface area contributed by atoms with Crippen LogP contribution in [0.1, 0.15) is 35.8 Å². The van der Waals surface area contributed by atoms with Crippen LogP contribution in [0.3, 0.4) is 0 Å². The van der Waals surface area contributed by atoms with E-state index >= 15 is 0 Å². The van der Waals surface area contributed by atoms with Crippen LogP contribution < -0.4 is 11.1 Å². The maximum Gasteiger partial charge on any atom is 0.242 e. The van der Waals surface area contributed by atoms with Gasteiger partial charge in [-0.3, -0.25) is 4.79 Å². The van der Waals surface area contributed by atoms with E-state index in [0.717, 1.165) is 16.8 Å². The maximum atomic E-state index is 12.4. The first-order valence-electron chi connectivity index (χ1n) is 8.40. The molecule has 26 heavy (non-hydrogen) atoms. The molecule has 1 amide bonds. The highest BCUT2D eigenvalue weighted by atomic mass is 16.5. The van der Waals surface area contributed by atoms with E-state index in [4.69, 9.17) is 10.3 Å². The van der Waals surface area contributed by atoms with E-state index in [2.05, 4.69) is 20.6 Å². The highest BCUT2D eigenvalue weighted by molar-refractivity contribution is 5.75. The highest BCUT2D eigenvalue weighted by Crippen LogP contribution is 2.18. The number of aryl methyl sites for hydroxylation is 2. The second-order valence-corrected chi connectivity index (χ2v) is 6.19. The number of benzene rings is 1. The average Bonchev–Trinajstić information content (AvgIpc) is 3.18. The number of amides is 1. The van der Waals surface area contributed by atoms with Gasteiger partial charge in [-0.15, -0.1) is 0 Å². The molecule has 0 aliphatic carbocycles. The molecule has 0 unspecified atom stereocenters. The Labute approximate surface area is 151 Å². The molecular weight excluding hydrogens is 332 g/mol. The summed E-state index contributed by atoms with van der Waals surface area (Å²) in [4.78, 5) is 16.9. The molecule has 1 aromatic carbocycles. The van der Waals surface area contributed by atoms with Crippen LogP contribution in [0.15, 0.2) is 34.9 Å². The Morgan fingerprint density at radius 2 is 2.04 bits per heavy atom. The summed E-state index contributed by atoms with van der Waals surface area (Å²) >= 11 is 0. The SMILES string of the molecule is Cc1noc(C)c1CNC(=O)Cn1nc(-c2ccccc2)nc1[C@H](C)N. The molecule has 0 saturated heterocycles. The predicted molar refractivity (Wildman–Crippen MR) is 95.9 cm³/mol. The van der Waals surface area contributed by atoms with E-state index in [1.807, 2.05) is 51.1 Å². The molecule has 0 spiro atoms. The van der Waals surface area contributed by atoms with Gasteiger partial charge in [0.2, 0.25) is 5.91 Å². The van der Waals surface area contributed by atoms with E-state index in [0.29, 0.717) is 24.0 Å². The standard InChI is InChI=1S/C18H22N6O2/c1-11(19)18-21-17(14-7-5-4-6-8-14)22-24(18)10-16(25)20-9-15-12(2)23-26-13(15)3/h4-8,11H,9-10,19H2,1-3H3,(H,20,25)/t11-/m0/s1. The lowest BCUT2D eigenvalue weighted by atomic mass is 10.2. The van der Waals surface area contributed by atoms with Crippen LogP contribution in [0.5, 0.6) is 0 Å². The predicted octanol–water partition coefficient (Wildman–Crippen LogP) is 1.89. The fourth-order valence-corrected chi connectivity index (χ4v) is 2.65. The third-order valence-corrected chi connectivity index (χ3v) is 4.08. The van der Waals surface area contributed by atoms with E-state index in [1.54, 1.807) is 4.68 Å². The second kappa shape index (κ2) is 7.49. The molecule has 0 aliphatic rings. The summed E-state index contributed by atoms with van der Waals surface area (Å²) in [6.07, 6.45) is 0. The topological polar surface area (TPSA) is 112 Å². The zero-order valence-electron chi connectivity index (χ0n) is 15.1. The lowest BCUT2D eigenvalue weighted by Gasteiger charge is -2.09. The van der Waals surface area contributed by atoms with Crippen molar-refractivity contribution < 1.29 is 9.32 Å². The Balaban J connectivity index is 1.74. The number of aromatic nitrogens is 4. The van der Waals surface area contributed by atoms with Crippen molar-refractivity contribution in [2.45, 2.75) is 39.9 Å². The first-order chi connectivity index (χ1) is 12.5. The Bertz CT molecular complexity index is 878. The molecular formula is C18H22N6O2. The van der Waals surface area contributed by atoms with Gasteiger partial charge in [-0.1, -0.05) is 35.5 Å². The summed E-state index contributed by atoms with van der Waals surface area (Å²) in [7, 11) is 0. The van der Waals surface area contributed by atoms with Crippen LogP contribution >= 0.6 is 0 Å². The van der Waals surface area contributed by atoms with Gasteiger partial charge in [0.1, 0.15) is 18.1 Å². The Kier molecular flexibility index (Phi) is 5.13. The molecule has 1 atom stereocenters. The third kappa shape index (κ3) is 3.80. The molecule has 3 aromatic rings.